The van der Waals surface area contributed by atoms with Gasteiger partial charge in [-0.15, -0.1) is 11.3 Å². The molecular weight excluding hydrogens is 302 g/mol. The summed E-state index contributed by atoms with van der Waals surface area (Å²) in [5.74, 6) is 0.106. The van der Waals surface area contributed by atoms with E-state index in [-0.39, 0.29) is 11.3 Å². The van der Waals surface area contributed by atoms with Crippen LogP contribution in [0.2, 0.25) is 0 Å². The lowest BCUT2D eigenvalue weighted by atomic mass is 10.1. The number of aromatic nitrogens is 2. The first-order valence-corrected chi connectivity index (χ1v) is 6.85. The Morgan fingerprint density at radius 3 is 2.71 bits per heavy atom. The van der Waals surface area contributed by atoms with E-state index in [1.54, 1.807) is 10.8 Å². The maximum absolute atomic E-state index is 12.0. The predicted molar refractivity (Wildman–Crippen MR) is 74.9 cm³/mol. The third-order valence-corrected chi connectivity index (χ3v) is 4.10. The molecule has 0 bridgehead atoms. The molecule has 21 heavy (non-hydrogen) atoms. The third-order valence-electron chi connectivity index (χ3n) is 3.37. The van der Waals surface area contributed by atoms with E-state index in [1.165, 1.54) is 11.3 Å². The van der Waals surface area contributed by atoms with Crippen molar-refractivity contribution in [3.05, 3.63) is 21.2 Å². The largest absolute Gasteiger partial charge is 0.412 e. The molecule has 7 N–H and O–H groups in total. The van der Waals surface area contributed by atoms with Gasteiger partial charge in [0.05, 0.1) is 17.5 Å². The lowest BCUT2D eigenvalue weighted by molar-refractivity contribution is -0.0526. The minimum Gasteiger partial charge on any atom is -0.412 e. The molecule has 1 aliphatic rings. The average Bonchev–Trinajstić information content (AvgIpc) is 2.99. The molecule has 0 spiro atoms. The fourth-order valence-electron chi connectivity index (χ4n) is 2.33. The smallest absolute Gasteiger partial charge is 0.352 e. The first-order chi connectivity index (χ1) is 9.54. The molecule has 9 nitrogen and oxygen atoms in total. The molecule has 1 saturated heterocycles. The molecule has 10 heteroatoms. The molecule has 0 radical (unpaired) electrons. The Morgan fingerprint density at radius 1 is 1.38 bits per heavy atom. The monoisotopic (exact) mass is 317 g/mol. The third kappa shape index (κ3) is 2.31. The summed E-state index contributed by atoms with van der Waals surface area (Å²) in [5.41, 5.74) is 5.47. The lowest BCUT2D eigenvalue weighted by Gasteiger charge is -2.18. The minimum atomic E-state index is -1.33. The van der Waals surface area contributed by atoms with Crippen LogP contribution in [0.25, 0.3) is 10.9 Å². The van der Waals surface area contributed by atoms with Gasteiger partial charge in [-0.2, -0.15) is 4.98 Å². The number of nitrogens with zero attached hydrogens (tertiary/aromatic N) is 2. The number of nitrogen functional groups attached to an aromatic ring is 1. The fourth-order valence-corrected chi connectivity index (χ4v) is 3.14. The van der Waals surface area contributed by atoms with Crippen LogP contribution in [0.3, 0.4) is 0 Å². The summed E-state index contributed by atoms with van der Waals surface area (Å²) in [4.78, 5) is 15.7. The average molecular weight is 317 g/mol. The highest BCUT2D eigenvalue weighted by Crippen LogP contribution is 2.32. The number of rotatable bonds is 2. The van der Waals surface area contributed by atoms with Gasteiger partial charge in [0.1, 0.15) is 24.1 Å². The van der Waals surface area contributed by atoms with Crippen molar-refractivity contribution in [2.45, 2.75) is 24.5 Å². The molecule has 0 unspecified atom stereocenters. The minimum absolute atomic E-state index is 0. The van der Waals surface area contributed by atoms with E-state index in [0.29, 0.717) is 10.9 Å². The van der Waals surface area contributed by atoms with Crippen LogP contribution in [0, 0.1) is 0 Å². The maximum atomic E-state index is 12.0. The van der Waals surface area contributed by atoms with Crippen LogP contribution in [0.4, 0.5) is 5.82 Å². The molecule has 4 atom stereocenters. The van der Waals surface area contributed by atoms with Crippen LogP contribution in [-0.4, -0.2) is 55.3 Å². The second kappa shape index (κ2) is 5.67. The van der Waals surface area contributed by atoms with Gasteiger partial charge in [0.15, 0.2) is 6.23 Å². The van der Waals surface area contributed by atoms with E-state index in [2.05, 4.69) is 4.98 Å². The molecule has 0 saturated carbocycles. The van der Waals surface area contributed by atoms with E-state index in [4.69, 9.17) is 15.6 Å². The summed E-state index contributed by atoms with van der Waals surface area (Å²) >= 11 is 1.33. The highest BCUT2D eigenvalue weighted by molar-refractivity contribution is 7.09. The molecule has 1 aliphatic heterocycles. The van der Waals surface area contributed by atoms with Crippen LogP contribution in [-0.2, 0) is 4.74 Å². The Morgan fingerprint density at radius 2 is 2.10 bits per heavy atom. The van der Waals surface area contributed by atoms with E-state index >= 15 is 0 Å². The second-order valence-electron chi connectivity index (χ2n) is 4.55. The molecule has 1 fully saturated rings. The van der Waals surface area contributed by atoms with Crippen LogP contribution in [0.1, 0.15) is 6.23 Å². The van der Waals surface area contributed by atoms with Crippen LogP contribution >= 0.6 is 11.3 Å². The summed E-state index contributed by atoms with van der Waals surface area (Å²) in [7, 11) is 0. The SMILES string of the molecule is Nc1nc(=O)n([C@@H]2O[C@H](CO)[C@@H](O)[C@H]2O)c2cscc12.O. The Hall–Kier alpha value is -1.56. The van der Waals surface area contributed by atoms with Crippen molar-refractivity contribution in [3.63, 3.8) is 0 Å². The zero-order valence-corrected chi connectivity index (χ0v) is 11.5. The number of thiophene rings is 1. The lowest BCUT2D eigenvalue weighted by Crippen LogP contribution is -2.36. The summed E-state index contributed by atoms with van der Waals surface area (Å²) in [6, 6.07) is 0. The zero-order chi connectivity index (χ0) is 14.4. The van der Waals surface area contributed by atoms with E-state index in [9.17, 15) is 15.0 Å². The standard InChI is InChI=1S/C11H13N3O5S.H2O/c12-9-4-2-20-3-5(4)14(11(18)13-9)10-8(17)7(16)6(1-15)19-10;/h2-3,6-8,10,15-17H,1H2,(H2,12,13,18);1H2/t6-,7-,8-,10-;/m1./s1. The number of anilines is 1. The van der Waals surface area contributed by atoms with Gasteiger partial charge in [0, 0.05) is 10.8 Å². The Bertz CT molecular complexity index is 701. The summed E-state index contributed by atoms with van der Waals surface area (Å²) in [5, 5.41) is 32.8. The Kier molecular flexibility index (Phi) is 4.27. The Labute approximate surface area is 122 Å². The molecule has 0 amide bonds. The number of fused-ring (bicyclic) bond motifs is 1. The number of hydrogen-bond donors (Lipinski definition) is 4. The van der Waals surface area contributed by atoms with Gasteiger partial charge in [-0.1, -0.05) is 0 Å². The predicted octanol–water partition coefficient (Wildman–Crippen LogP) is -2.17. The number of nitrogens with two attached hydrogens (primary N) is 1. The highest BCUT2D eigenvalue weighted by atomic mass is 32.1. The number of hydrogen-bond acceptors (Lipinski definition) is 8. The van der Waals surface area contributed by atoms with Crippen molar-refractivity contribution in [2.24, 2.45) is 0 Å². The fraction of sp³-hybridized carbons (Fsp3) is 0.455. The van der Waals surface area contributed by atoms with Gasteiger partial charge >= 0.3 is 5.69 Å². The highest BCUT2D eigenvalue weighted by Gasteiger charge is 2.44. The first kappa shape index (κ1) is 15.8. The first-order valence-electron chi connectivity index (χ1n) is 5.91. The van der Waals surface area contributed by atoms with Crippen molar-refractivity contribution in [1.29, 1.82) is 0 Å². The van der Waals surface area contributed by atoms with Crippen LogP contribution < -0.4 is 11.4 Å². The molecular formula is C11H15N3O6S. The van der Waals surface area contributed by atoms with Gasteiger partial charge in [0.2, 0.25) is 0 Å². The van der Waals surface area contributed by atoms with E-state index in [0.717, 1.165) is 4.57 Å². The van der Waals surface area contributed by atoms with Crippen molar-refractivity contribution in [3.8, 4) is 0 Å². The summed E-state index contributed by atoms with van der Waals surface area (Å²) in [6.07, 6.45) is -4.67. The second-order valence-corrected chi connectivity index (χ2v) is 5.29. The van der Waals surface area contributed by atoms with E-state index < -0.39 is 36.8 Å². The van der Waals surface area contributed by atoms with Crippen LogP contribution in [0.15, 0.2) is 15.6 Å². The molecule has 0 aromatic carbocycles. The molecule has 3 heterocycles. The van der Waals surface area contributed by atoms with E-state index in [1.807, 2.05) is 0 Å². The van der Waals surface area contributed by atoms with Gasteiger partial charge in [0.25, 0.3) is 0 Å². The maximum Gasteiger partial charge on any atom is 0.352 e. The van der Waals surface area contributed by atoms with Crippen molar-refractivity contribution in [2.75, 3.05) is 12.3 Å². The molecule has 0 aliphatic carbocycles. The molecule has 116 valence electrons. The Balaban J connectivity index is 0.00000161. The van der Waals surface area contributed by atoms with Crippen molar-refractivity contribution < 1.29 is 25.5 Å². The number of aliphatic hydroxyl groups is 3. The topological polar surface area (TPSA) is 162 Å². The molecule has 2 aromatic rings. The summed E-state index contributed by atoms with van der Waals surface area (Å²) in [6.45, 7) is -0.460. The summed E-state index contributed by atoms with van der Waals surface area (Å²) < 4.78 is 6.50. The van der Waals surface area contributed by atoms with Crippen molar-refractivity contribution >= 4 is 28.1 Å². The van der Waals surface area contributed by atoms with Crippen molar-refractivity contribution in [1.82, 2.24) is 9.55 Å². The van der Waals surface area contributed by atoms with Gasteiger partial charge in [-0.05, 0) is 0 Å². The van der Waals surface area contributed by atoms with Crippen LogP contribution in [0.5, 0.6) is 0 Å². The normalized spacial score (nSPS) is 28.7. The number of ether oxygens (including phenoxy) is 1. The van der Waals surface area contributed by atoms with Gasteiger partial charge in [-0.25, -0.2) is 4.79 Å². The molecule has 3 rings (SSSR count). The zero-order valence-electron chi connectivity index (χ0n) is 10.7. The number of aliphatic hydroxyl groups excluding tert-OH is 3. The van der Waals surface area contributed by atoms with Gasteiger partial charge in [-0.3, -0.25) is 4.57 Å². The quantitative estimate of drug-likeness (QED) is 0.489. The molecule has 2 aromatic heterocycles. The van der Waals surface area contributed by atoms with Gasteiger partial charge < -0.3 is 31.3 Å².